The summed E-state index contributed by atoms with van der Waals surface area (Å²) in [4.78, 5) is 0. The summed E-state index contributed by atoms with van der Waals surface area (Å²) in [6.07, 6.45) is 11.1. The smallest absolute Gasteiger partial charge is 0.0628 e. The van der Waals surface area contributed by atoms with E-state index in [9.17, 15) is 0 Å². The lowest BCUT2D eigenvalue weighted by Crippen LogP contribution is -2.08. The molecule has 0 saturated heterocycles. The van der Waals surface area contributed by atoms with Crippen molar-refractivity contribution in [1.29, 1.82) is 0 Å². The lowest BCUT2D eigenvalue weighted by Gasteiger charge is -2.12. The molecule has 0 nitrogen and oxygen atoms in total. The summed E-state index contributed by atoms with van der Waals surface area (Å²) < 4.78 is 0. The van der Waals surface area contributed by atoms with Gasteiger partial charge < -0.3 is 0 Å². The fraction of sp³-hybridized carbons (Fsp3) is 1.00. The summed E-state index contributed by atoms with van der Waals surface area (Å²) in [5.74, 6) is 3.47. The van der Waals surface area contributed by atoms with Crippen molar-refractivity contribution in [3.8, 4) is 0 Å². The van der Waals surface area contributed by atoms with E-state index in [0.29, 0.717) is 0 Å². The van der Waals surface area contributed by atoms with E-state index >= 15 is 0 Å². The van der Waals surface area contributed by atoms with Crippen LogP contribution in [0.25, 0.3) is 0 Å². The van der Waals surface area contributed by atoms with Gasteiger partial charge in [-0.2, -0.15) is 0 Å². The fourth-order valence-corrected chi connectivity index (χ4v) is 5.49. The van der Waals surface area contributed by atoms with Crippen LogP contribution in [0, 0.1) is 23.7 Å². The van der Waals surface area contributed by atoms with E-state index in [2.05, 4.69) is 41.5 Å². The highest BCUT2D eigenvalue weighted by atomic mass is 35.6. The molecule has 2 heteroatoms. The lowest BCUT2D eigenvalue weighted by molar-refractivity contribution is 0.444. The zero-order valence-electron chi connectivity index (χ0n) is 16.3. The molecule has 0 fully saturated rings. The monoisotopic (exact) mass is 345 g/mol. The Morgan fingerprint density at radius 2 is 0.955 bits per heavy atom. The summed E-state index contributed by atoms with van der Waals surface area (Å²) in [6.45, 7) is 14.1. The van der Waals surface area contributed by atoms with Crippen molar-refractivity contribution in [2.75, 3.05) is 0 Å². The first-order valence-electron chi connectivity index (χ1n) is 9.81. The van der Waals surface area contributed by atoms with Gasteiger partial charge in [0, 0.05) is 0 Å². The minimum Gasteiger partial charge on any atom is -0.0628 e. The molecule has 2 atom stereocenters. The molecule has 2 unspecified atom stereocenters. The quantitative estimate of drug-likeness (QED) is 0.221. The van der Waals surface area contributed by atoms with Gasteiger partial charge in [-0.3, -0.25) is 0 Å². The maximum Gasteiger partial charge on any atom is 0.431 e. The maximum atomic E-state index is 6.64. The summed E-state index contributed by atoms with van der Waals surface area (Å²) in [5, 5.41) is 0. The highest BCUT2D eigenvalue weighted by Crippen LogP contribution is 2.23. The van der Waals surface area contributed by atoms with Crippen molar-refractivity contribution >= 4 is 19.2 Å². The molecule has 22 heavy (non-hydrogen) atoms. The Morgan fingerprint density at radius 1 is 0.591 bits per heavy atom. The summed E-state index contributed by atoms with van der Waals surface area (Å²) >= 11 is 6.64. The molecule has 0 aliphatic heterocycles. The van der Waals surface area contributed by atoms with Crippen LogP contribution in [0.1, 0.15) is 92.9 Å². The van der Waals surface area contributed by atoms with E-state index in [-0.39, 0.29) is 0 Å². The Kier molecular flexibility index (Phi) is 14.2. The van der Waals surface area contributed by atoms with Crippen LogP contribution >= 0.6 is 11.1 Å². The Hall–Kier alpha value is 0.507. The molecule has 0 amide bonds. The minimum absolute atomic E-state index is 0.589. The van der Waals surface area contributed by atoms with Gasteiger partial charge >= 0.3 is 8.11 Å². The van der Waals surface area contributed by atoms with Crippen LogP contribution in [0.2, 0.25) is 12.1 Å². The first-order valence-corrected chi connectivity index (χ1v) is 12.7. The van der Waals surface area contributed by atoms with Gasteiger partial charge in [0.05, 0.1) is 23.2 Å². The van der Waals surface area contributed by atoms with Gasteiger partial charge in [0.25, 0.3) is 0 Å². The Labute approximate surface area is 148 Å². The lowest BCUT2D eigenvalue weighted by atomic mass is 9.98. The molecule has 0 radical (unpaired) electrons. The standard InChI is InChI=1S/C20H42ClSi/c1-17(2)9-7-11-19(5)13-15-22(21)16-14-20(6)12-8-10-18(3)4/h17-20H,7-16H2,1-6H3/q+1. The van der Waals surface area contributed by atoms with Gasteiger partial charge in [-0.15, -0.1) is 0 Å². The normalized spacial score (nSPS) is 14.6. The highest BCUT2D eigenvalue weighted by molar-refractivity contribution is 7.06. The van der Waals surface area contributed by atoms with Crippen molar-refractivity contribution in [1.82, 2.24) is 0 Å². The van der Waals surface area contributed by atoms with Gasteiger partial charge in [0.1, 0.15) is 0 Å². The number of hydrogen-bond donors (Lipinski definition) is 0. The van der Waals surface area contributed by atoms with Gasteiger partial charge in [-0.25, -0.2) is 0 Å². The summed E-state index contributed by atoms with van der Waals surface area (Å²) in [5.41, 5.74) is 0. The average Bonchev–Trinajstić information content (AvgIpc) is 2.42. The SMILES string of the molecule is CC(C)CCCC(C)CC[Si+](Cl)CCC(C)CCCC(C)C. The van der Waals surface area contributed by atoms with Gasteiger partial charge in [0.15, 0.2) is 0 Å². The van der Waals surface area contributed by atoms with E-state index in [0.717, 1.165) is 23.7 Å². The molecule has 0 heterocycles. The second kappa shape index (κ2) is 13.9. The topological polar surface area (TPSA) is 0 Å². The van der Waals surface area contributed by atoms with E-state index in [1.54, 1.807) is 0 Å². The van der Waals surface area contributed by atoms with Crippen LogP contribution in [-0.4, -0.2) is 8.11 Å². The molecule has 132 valence electrons. The average molecular weight is 346 g/mol. The molecule has 0 saturated carbocycles. The van der Waals surface area contributed by atoms with E-state index in [1.807, 2.05) is 0 Å². The Morgan fingerprint density at radius 3 is 1.27 bits per heavy atom. The molecule has 0 aromatic heterocycles. The number of rotatable bonds is 14. The minimum atomic E-state index is -0.589. The summed E-state index contributed by atoms with van der Waals surface area (Å²) in [6, 6.07) is 2.63. The van der Waals surface area contributed by atoms with Crippen molar-refractivity contribution in [2.24, 2.45) is 23.7 Å². The second-order valence-electron chi connectivity index (χ2n) is 8.45. The molecular formula is C20H42ClSi+. The van der Waals surface area contributed by atoms with Crippen molar-refractivity contribution in [3.05, 3.63) is 0 Å². The molecule has 0 aromatic carbocycles. The Bertz CT molecular complexity index is 216. The van der Waals surface area contributed by atoms with E-state index in [4.69, 9.17) is 11.1 Å². The van der Waals surface area contributed by atoms with Crippen LogP contribution in [0.3, 0.4) is 0 Å². The van der Waals surface area contributed by atoms with Gasteiger partial charge in [-0.1, -0.05) is 80.1 Å². The van der Waals surface area contributed by atoms with Crippen LogP contribution in [0.5, 0.6) is 0 Å². The highest BCUT2D eigenvalue weighted by Gasteiger charge is 2.25. The molecule has 0 bridgehead atoms. The van der Waals surface area contributed by atoms with Crippen LogP contribution < -0.4 is 0 Å². The van der Waals surface area contributed by atoms with Crippen molar-refractivity contribution in [3.63, 3.8) is 0 Å². The number of hydrogen-bond acceptors (Lipinski definition) is 0. The zero-order valence-corrected chi connectivity index (χ0v) is 18.0. The first kappa shape index (κ1) is 22.5. The third-order valence-corrected chi connectivity index (χ3v) is 7.57. The molecule has 0 N–H and O–H groups in total. The van der Waals surface area contributed by atoms with E-state index in [1.165, 1.54) is 63.5 Å². The number of halogens is 1. The fourth-order valence-electron chi connectivity index (χ4n) is 2.97. The molecule has 0 rings (SSSR count). The van der Waals surface area contributed by atoms with Gasteiger partial charge in [0.2, 0.25) is 0 Å². The predicted molar refractivity (Wildman–Crippen MR) is 106 cm³/mol. The molecule has 0 spiro atoms. The predicted octanol–water partition coefficient (Wildman–Crippen LogP) is 7.92. The zero-order chi connectivity index (χ0) is 17.0. The van der Waals surface area contributed by atoms with E-state index < -0.39 is 8.11 Å². The molecule has 0 aliphatic rings. The third kappa shape index (κ3) is 15.4. The first-order chi connectivity index (χ1) is 10.3. The summed E-state index contributed by atoms with van der Waals surface area (Å²) in [7, 11) is -0.589. The molecule has 0 aliphatic carbocycles. The van der Waals surface area contributed by atoms with Gasteiger partial charge in [-0.05, 0) is 36.5 Å². The van der Waals surface area contributed by atoms with Crippen molar-refractivity contribution < 1.29 is 0 Å². The second-order valence-corrected chi connectivity index (χ2v) is 12.1. The van der Waals surface area contributed by atoms with Crippen LogP contribution in [0.4, 0.5) is 0 Å². The third-order valence-electron chi connectivity index (χ3n) is 4.77. The molecule has 0 aromatic rings. The Balaban J connectivity index is 3.57. The molecular weight excluding hydrogens is 304 g/mol. The van der Waals surface area contributed by atoms with Crippen LogP contribution in [0.15, 0.2) is 0 Å². The van der Waals surface area contributed by atoms with Crippen LogP contribution in [-0.2, 0) is 0 Å². The van der Waals surface area contributed by atoms with Crippen molar-refractivity contribution in [2.45, 2.75) is 105 Å². The maximum absolute atomic E-state index is 6.64. The largest absolute Gasteiger partial charge is 0.431 e.